The minimum absolute atomic E-state index is 0.0177. The first kappa shape index (κ1) is 17.3. The Bertz CT molecular complexity index is 684. The van der Waals surface area contributed by atoms with Crippen molar-refractivity contribution in [3.63, 3.8) is 0 Å². The van der Waals surface area contributed by atoms with Crippen molar-refractivity contribution in [3.05, 3.63) is 29.8 Å². The van der Waals surface area contributed by atoms with Gasteiger partial charge in [-0.25, -0.2) is 0 Å². The first-order chi connectivity index (χ1) is 12.6. The van der Waals surface area contributed by atoms with E-state index in [1.165, 1.54) is 11.3 Å². The smallest absolute Gasteiger partial charge is 0.236 e. The van der Waals surface area contributed by atoms with Gasteiger partial charge in [0.1, 0.15) is 0 Å². The fourth-order valence-corrected chi connectivity index (χ4v) is 4.33. The molecule has 6 heteroatoms. The number of carbonyl (C=O) groups excluding carboxylic acids is 2. The summed E-state index contributed by atoms with van der Waals surface area (Å²) in [6.45, 7) is 7.54. The van der Waals surface area contributed by atoms with E-state index in [1.54, 1.807) is 0 Å². The molecular formula is C20H28N4O2. The summed E-state index contributed by atoms with van der Waals surface area (Å²) in [7, 11) is 0. The maximum absolute atomic E-state index is 12.8. The number of piperidine rings is 1. The van der Waals surface area contributed by atoms with Gasteiger partial charge in [0.15, 0.2) is 0 Å². The summed E-state index contributed by atoms with van der Waals surface area (Å²) in [6, 6.07) is 8.74. The van der Waals surface area contributed by atoms with Gasteiger partial charge in [-0.15, -0.1) is 0 Å². The summed E-state index contributed by atoms with van der Waals surface area (Å²) in [5, 5.41) is 3.04. The van der Waals surface area contributed by atoms with Crippen LogP contribution in [0.1, 0.15) is 18.4 Å². The summed E-state index contributed by atoms with van der Waals surface area (Å²) in [5.41, 5.74) is 2.55. The Balaban J connectivity index is 1.30. The van der Waals surface area contributed by atoms with Crippen molar-refractivity contribution in [2.45, 2.75) is 25.8 Å². The van der Waals surface area contributed by atoms with Crippen molar-refractivity contribution >= 4 is 17.5 Å². The Labute approximate surface area is 155 Å². The van der Waals surface area contributed by atoms with Crippen LogP contribution in [0.25, 0.3) is 0 Å². The highest BCUT2D eigenvalue weighted by Gasteiger charge is 2.36. The molecule has 4 heterocycles. The van der Waals surface area contributed by atoms with Crippen LogP contribution in [0.4, 0.5) is 5.69 Å². The largest absolute Gasteiger partial charge is 0.369 e. The van der Waals surface area contributed by atoms with Crippen LogP contribution < -0.4 is 10.2 Å². The van der Waals surface area contributed by atoms with E-state index in [0.717, 1.165) is 39.0 Å². The van der Waals surface area contributed by atoms with E-state index >= 15 is 0 Å². The number of rotatable bonds is 3. The Morgan fingerprint density at radius 3 is 2.69 bits per heavy atom. The molecule has 1 aromatic rings. The molecule has 2 bridgehead atoms. The zero-order valence-corrected chi connectivity index (χ0v) is 15.5. The monoisotopic (exact) mass is 356 g/mol. The fourth-order valence-electron chi connectivity index (χ4n) is 4.33. The van der Waals surface area contributed by atoms with Gasteiger partial charge in [0.05, 0.1) is 12.5 Å². The van der Waals surface area contributed by atoms with E-state index in [4.69, 9.17) is 0 Å². The Kier molecular flexibility index (Phi) is 4.85. The molecule has 4 saturated heterocycles. The first-order valence-corrected chi connectivity index (χ1v) is 9.70. The van der Waals surface area contributed by atoms with E-state index in [0.29, 0.717) is 19.6 Å². The van der Waals surface area contributed by atoms with Gasteiger partial charge in [-0.3, -0.25) is 14.5 Å². The summed E-state index contributed by atoms with van der Waals surface area (Å²) in [4.78, 5) is 31.3. The van der Waals surface area contributed by atoms with E-state index in [-0.39, 0.29) is 23.8 Å². The van der Waals surface area contributed by atoms with Gasteiger partial charge in [0, 0.05) is 51.0 Å². The van der Waals surface area contributed by atoms with Crippen LogP contribution in [-0.2, 0) is 9.59 Å². The number of carbonyl (C=O) groups is 2. The standard InChI is InChI=1S/C20H28N4O2/c1-15-3-2-4-18(11-15)23-9-7-22(8-10-23)14-19(25)24-12-16-5-6-17(13-24)21-20(16)26/h2-4,11,16-17H,5-10,12-14H2,1H3,(H,21,26)/t16-,17+/m0/s1. The third-order valence-corrected chi connectivity index (χ3v) is 5.91. The Morgan fingerprint density at radius 1 is 1.15 bits per heavy atom. The third kappa shape index (κ3) is 3.70. The average molecular weight is 356 g/mol. The molecule has 1 N–H and O–H groups in total. The summed E-state index contributed by atoms with van der Waals surface area (Å²) >= 11 is 0. The van der Waals surface area contributed by atoms with Crippen molar-refractivity contribution in [2.24, 2.45) is 5.92 Å². The van der Waals surface area contributed by atoms with Crippen LogP contribution in [-0.4, -0.2) is 73.5 Å². The number of hydrogen-bond acceptors (Lipinski definition) is 4. The highest BCUT2D eigenvalue weighted by Crippen LogP contribution is 2.23. The van der Waals surface area contributed by atoms with E-state index in [2.05, 4.69) is 46.3 Å². The molecule has 4 aliphatic rings. The molecule has 0 aliphatic carbocycles. The molecule has 1 aromatic carbocycles. The maximum atomic E-state index is 12.8. The molecule has 26 heavy (non-hydrogen) atoms. The number of fused-ring (bicyclic) bond motifs is 4. The van der Waals surface area contributed by atoms with Crippen LogP contribution in [0.5, 0.6) is 0 Å². The second kappa shape index (κ2) is 7.27. The van der Waals surface area contributed by atoms with E-state index < -0.39 is 0 Å². The molecule has 4 aliphatic heterocycles. The minimum atomic E-state index is -0.0177. The lowest BCUT2D eigenvalue weighted by Crippen LogP contribution is -2.51. The van der Waals surface area contributed by atoms with Gasteiger partial charge in [-0.1, -0.05) is 12.1 Å². The second-order valence-electron chi connectivity index (χ2n) is 7.88. The predicted octanol–water partition coefficient (Wildman–Crippen LogP) is 0.854. The van der Waals surface area contributed by atoms with Crippen LogP contribution in [0, 0.1) is 12.8 Å². The average Bonchev–Trinajstić information content (AvgIpc) is 2.94. The lowest BCUT2D eigenvalue weighted by molar-refractivity contribution is -0.133. The topological polar surface area (TPSA) is 55.9 Å². The minimum Gasteiger partial charge on any atom is -0.369 e. The molecule has 5 rings (SSSR count). The normalized spacial score (nSPS) is 26.6. The second-order valence-corrected chi connectivity index (χ2v) is 7.88. The van der Waals surface area contributed by atoms with Gasteiger partial charge in [-0.2, -0.15) is 0 Å². The first-order valence-electron chi connectivity index (χ1n) is 9.70. The molecule has 2 amide bonds. The van der Waals surface area contributed by atoms with E-state index in [9.17, 15) is 9.59 Å². The molecule has 0 spiro atoms. The maximum Gasteiger partial charge on any atom is 0.236 e. The van der Waals surface area contributed by atoms with Gasteiger partial charge >= 0.3 is 0 Å². The molecule has 2 atom stereocenters. The highest BCUT2D eigenvalue weighted by molar-refractivity contribution is 5.83. The van der Waals surface area contributed by atoms with Gasteiger partial charge in [0.25, 0.3) is 0 Å². The summed E-state index contributed by atoms with van der Waals surface area (Å²) < 4.78 is 0. The molecule has 0 saturated carbocycles. The number of nitrogens with one attached hydrogen (secondary N) is 1. The molecule has 6 nitrogen and oxygen atoms in total. The van der Waals surface area contributed by atoms with Crippen LogP contribution in [0.3, 0.4) is 0 Å². The number of anilines is 1. The zero-order chi connectivity index (χ0) is 18.1. The number of amides is 2. The number of piperazine rings is 1. The molecule has 0 aromatic heterocycles. The van der Waals surface area contributed by atoms with Crippen molar-refractivity contribution in [1.82, 2.24) is 15.1 Å². The van der Waals surface area contributed by atoms with Crippen LogP contribution in [0.2, 0.25) is 0 Å². The van der Waals surface area contributed by atoms with Gasteiger partial charge in [-0.05, 0) is 37.5 Å². The van der Waals surface area contributed by atoms with Gasteiger partial charge < -0.3 is 15.1 Å². The SMILES string of the molecule is Cc1cccc(N2CCN(CC(=O)N3C[C@H]4CC[C@@H](C3)C(=O)N4)CC2)c1. The Hall–Kier alpha value is -2.08. The molecule has 0 radical (unpaired) electrons. The molecular weight excluding hydrogens is 328 g/mol. The van der Waals surface area contributed by atoms with Crippen molar-refractivity contribution in [3.8, 4) is 0 Å². The number of aryl methyl sites for hydroxylation is 1. The quantitative estimate of drug-likeness (QED) is 0.873. The molecule has 0 unspecified atom stereocenters. The third-order valence-electron chi connectivity index (χ3n) is 5.91. The zero-order valence-electron chi connectivity index (χ0n) is 15.5. The Morgan fingerprint density at radius 2 is 1.96 bits per heavy atom. The summed E-state index contributed by atoms with van der Waals surface area (Å²) in [6.07, 6.45) is 1.91. The molecule has 140 valence electrons. The van der Waals surface area contributed by atoms with Crippen LogP contribution >= 0.6 is 0 Å². The summed E-state index contributed by atoms with van der Waals surface area (Å²) in [5.74, 6) is 0.279. The lowest BCUT2D eigenvalue weighted by Gasteiger charge is -2.36. The lowest BCUT2D eigenvalue weighted by atomic mass is 9.96. The predicted molar refractivity (Wildman–Crippen MR) is 101 cm³/mol. The highest BCUT2D eigenvalue weighted by atomic mass is 16.2. The fraction of sp³-hybridized carbons (Fsp3) is 0.600. The van der Waals surface area contributed by atoms with Crippen molar-refractivity contribution in [1.29, 1.82) is 0 Å². The van der Waals surface area contributed by atoms with E-state index in [1.807, 2.05) is 4.90 Å². The van der Waals surface area contributed by atoms with Gasteiger partial charge in [0.2, 0.25) is 11.8 Å². The number of benzene rings is 1. The molecule has 4 fully saturated rings. The van der Waals surface area contributed by atoms with Crippen LogP contribution in [0.15, 0.2) is 24.3 Å². The van der Waals surface area contributed by atoms with Crippen molar-refractivity contribution in [2.75, 3.05) is 50.7 Å². The number of hydrogen-bond donors (Lipinski definition) is 1. The number of nitrogens with zero attached hydrogens (tertiary/aromatic N) is 3. The van der Waals surface area contributed by atoms with Crippen molar-refractivity contribution < 1.29 is 9.59 Å².